The van der Waals surface area contributed by atoms with Crippen molar-refractivity contribution in [1.29, 1.82) is 0 Å². The number of carbonyl (C=O) groups is 1. The molecule has 0 aliphatic heterocycles. The number of allylic oxidation sites excluding steroid dienone is 2. The van der Waals surface area contributed by atoms with E-state index in [9.17, 15) is 25.2 Å². The third kappa shape index (κ3) is 34.8. The molecule has 310 valence electrons. The van der Waals surface area contributed by atoms with Crippen molar-refractivity contribution in [1.82, 2.24) is 5.32 Å². The number of hydrogen-bond donors (Lipinski definition) is 5. The Morgan fingerprint density at radius 2 is 0.769 bits per heavy atom. The van der Waals surface area contributed by atoms with Crippen LogP contribution in [-0.4, -0.2) is 57.3 Å². The molecule has 0 aliphatic carbocycles. The van der Waals surface area contributed by atoms with Crippen LogP contribution in [0.4, 0.5) is 0 Å². The fourth-order valence-electron chi connectivity index (χ4n) is 7.28. The van der Waals surface area contributed by atoms with Crippen molar-refractivity contribution in [2.24, 2.45) is 0 Å². The Balaban J connectivity index is 3.66. The van der Waals surface area contributed by atoms with Gasteiger partial charge in [0.15, 0.2) is 0 Å². The summed E-state index contributed by atoms with van der Waals surface area (Å²) in [5.41, 5.74) is 0. The van der Waals surface area contributed by atoms with Gasteiger partial charge in [0, 0.05) is 0 Å². The first-order chi connectivity index (χ1) is 25.5. The SMILES string of the molecule is CCCCCCCCCCCCCC/C=C\CCCCCCCCCCC(O)C(=O)NC(CO)C(O)C(O)CCCCCCCCCCCCCC. The lowest BCUT2D eigenvalue weighted by atomic mass is 9.99. The van der Waals surface area contributed by atoms with Gasteiger partial charge < -0.3 is 25.7 Å². The second-order valence-corrected chi connectivity index (χ2v) is 16.1. The zero-order chi connectivity index (χ0) is 38.2. The lowest BCUT2D eigenvalue weighted by Gasteiger charge is -2.27. The van der Waals surface area contributed by atoms with Gasteiger partial charge in [-0.1, -0.05) is 219 Å². The van der Waals surface area contributed by atoms with E-state index in [0.29, 0.717) is 12.8 Å². The maximum Gasteiger partial charge on any atom is 0.249 e. The monoisotopic (exact) mass is 738 g/mol. The van der Waals surface area contributed by atoms with Gasteiger partial charge in [-0.05, 0) is 38.5 Å². The van der Waals surface area contributed by atoms with E-state index in [1.165, 1.54) is 180 Å². The zero-order valence-electron chi connectivity index (χ0n) is 34.8. The van der Waals surface area contributed by atoms with E-state index >= 15 is 0 Å². The number of carbonyl (C=O) groups excluding carboxylic acids is 1. The number of aliphatic hydroxyl groups is 4. The van der Waals surface area contributed by atoms with E-state index < -0.39 is 36.9 Å². The Morgan fingerprint density at radius 3 is 1.12 bits per heavy atom. The zero-order valence-corrected chi connectivity index (χ0v) is 34.8. The number of hydrogen-bond acceptors (Lipinski definition) is 5. The van der Waals surface area contributed by atoms with E-state index in [2.05, 4.69) is 31.3 Å². The van der Waals surface area contributed by atoms with Crippen molar-refractivity contribution < 1.29 is 25.2 Å². The van der Waals surface area contributed by atoms with Crippen molar-refractivity contribution in [3.63, 3.8) is 0 Å². The van der Waals surface area contributed by atoms with Crippen LogP contribution >= 0.6 is 0 Å². The second-order valence-electron chi connectivity index (χ2n) is 16.1. The van der Waals surface area contributed by atoms with Crippen molar-refractivity contribution >= 4 is 5.91 Å². The van der Waals surface area contributed by atoms with Gasteiger partial charge in [-0.25, -0.2) is 0 Å². The fraction of sp³-hybridized carbons (Fsp3) is 0.935. The van der Waals surface area contributed by atoms with Gasteiger partial charge >= 0.3 is 0 Å². The molecule has 0 radical (unpaired) electrons. The summed E-state index contributed by atoms with van der Waals surface area (Å²) in [4.78, 5) is 12.5. The maximum absolute atomic E-state index is 12.5. The Hall–Kier alpha value is -0.950. The Morgan fingerprint density at radius 1 is 0.462 bits per heavy atom. The molecule has 0 aromatic rings. The molecule has 4 unspecified atom stereocenters. The standard InChI is InChI=1S/C46H91NO5/c1-3-5-7-9-11-13-15-17-18-19-20-21-22-23-24-25-26-27-28-30-32-34-36-38-40-44(50)46(52)47-42(41-48)45(51)43(49)39-37-35-33-31-29-16-14-12-10-8-6-4-2/h23-24,42-45,48-51H,3-22,25-41H2,1-2H3,(H,47,52)/b24-23-. The minimum absolute atomic E-state index is 0.368. The number of rotatable bonds is 42. The van der Waals surface area contributed by atoms with E-state index in [4.69, 9.17) is 0 Å². The summed E-state index contributed by atoms with van der Waals surface area (Å²) < 4.78 is 0. The third-order valence-electron chi connectivity index (χ3n) is 11.0. The van der Waals surface area contributed by atoms with Crippen LogP contribution in [-0.2, 0) is 4.79 Å². The summed E-state index contributed by atoms with van der Waals surface area (Å²) in [6.07, 6.45) is 45.4. The normalized spacial score (nSPS) is 14.2. The molecule has 0 aliphatic rings. The first-order valence-corrected chi connectivity index (χ1v) is 23.1. The topological polar surface area (TPSA) is 110 Å². The minimum Gasteiger partial charge on any atom is -0.394 e. The summed E-state index contributed by atoms with van der Waals surface area (Å²) in [5.74, 6) is -0.584. The van der Waals surface area contributed by atoms with Crippen molar-refractivity contribution in [3.8, 4) is 0 Å². The average molecular weight is 738 g/mol. The third-order valence-corrected chi connectivity index (χ3v) is 11.0. The second kappa shape index (κ2) is 41.2. The van der Waals surface area contributed by atoms with Crippen LogP contribution in [0.2, 0.25) is 0 Å². The highest BCUT2D eigenvalue weighted by Crippen LogP contribution is 2.17. The lowest BCUT2D eigenvalue weighted by molar-refractivity contribution is -0.132. The molecular formula is C46H91NO5. The molecule has 0 saturated carbocycles. The number of aliphatic hydroxyl groups excluding tert-OH is 4. The van der Waals surface area contributed by atoms with Gasteiger partial charge in [0.2, 0.25) is 5.91 Å². The van der Waals surface area contributed by atoms with Crippen molar-refractivity contribution in [2.45, 2.75) is 269 Å². The highest BCUT2D eigenvalue weighted by molar-refractivity contribution is 5.80. The molecule has 0 spiro atoms. The van der Waals surface area contributed by atoms with E-state index in [-0.39, 0.29) is 0 Å². The van der Waals surface area contributed by atoms with Gasteiger partial charge in [0.25, 0.3) is 0 Å². The smallest absolute Gasteiger partial charge is 0.249 e. The predicted octanol–water partition coefficient (Wildman–Crippen LogP) is 12.2. The molecule has 0 bridgehead atoms. The Kier molecular flexibility index (Phi) is 40.5. The van der Waals surface area contributed by atoms with Crippen LogP contribution in [0.25, 0.3) is 0 Å². The van der Waals surface area contributed by atoms with Crippen LogP contribution in [0.5, 0.6) is 0 Å². The first-order valence-electron chi connectivity index (χ1n) is 23.1. The molecule has 0 fully saturated rings. The molecule has 0 saturated heterocycles. The maximum atomic E-state index is 12.5. The molecule has 6 heteroatoms. The molecule has 1 amide bonds. The van der Waals surface area contributed by atoms with E-state index in [1.807, 2.05) is 0 Å². The fourth-order valence-corrected chi connectivity index (χ4v) is 7.28. The molecule has 0 aromatic heterocycles. The molecule has 0 heterocycles. The minimum atomic E-state index is -1.26. The van der Waals surface area contributed by atoms with Crippen LogP contribution in [0, 0.1) is 0 Å². The highest BCUT2D eigenvalue weighted by Gasteiger charge is 2.28. The highest BCUT2D eigenvalue weighted by atomic mass is 16.3. The molecule has 4 atom stereocenters. The number of amides is 1. The number of unbranched alkanes of at least 4 members (excludes halogenated alkanes) is 31. The van der Waals surface area contributed by atoms with Crippen LogP contribution in [0.3, 0.4) is 0 Å². The molecule has 6 nitrogen and oxygen atoms in total. The Bertz CT molecular complexity index is 746. The quantitative estimate of drug-likeness (QED) is 0.0316. The van der Waals surface area contributed by atoms with Crippen LogP contribution in [0.15, 0.2) is 12.2 Å². The Labute approximate surface area is 323 Å². The summed E-state index contributed by atoms with van der Waals surface area (Å²) in [5, 5.41) is 43.7. The predicted molar refractivity (Wildman–Crippen MR) is 224 cm³/mol. The molecular weight excluding hydrogens is 647 g/mol. The van der Waals surface area contributed by atoms with Gasteiger partial charge in [0.1, 0.15) is 12.2 Å². The van der Waals surface area contributed by atoms with Gasteiger partial charge in [-0.2, -0.15) is 0 Å². The van der Waals surface area contributed by atoms with Crippen molar-refractivity contribution in [2.75, 3.05) is 6.61 Å². The molecule has 52 heavy (non-hydrogen) atoms. The van der Waals surface area contributed by atoms with Gasteiger partial charge in [-0.3, -0.25) is 4.79 Å². The first kappa shape index (κ1) is 51.0. The van der Waals surface area contributed by atoms with E-state index in [1.54, 1.807) is 0 Å². The lowest BCUT2D eigenvalue weighted by Crippen LogP contribution is -2.53. The van der Waals surface area contributed by atoms with Crippen molar-refractivity contribution in [3.05, 3.63) is 12.2 Å². The van der Waals surface area contributed by atoms with Gasteiger partial charge in [-0.15, -0.1) is 0 Å². The molecule has 0 aromatic carbocycles. The summed E-state index contributed by atoms with van der Waals surface area (Å²) >= 11 is 0. The molecule has 0 rings (SSSR count). The van der Waals surface area contributed by atoms with Crippen LogP contribution in [0.1, 0.15) is 245 Å². The summed E-state index contributed by atoms with van der Waals surface area (Å²) in [7, 11) is 0. The van der Waals surface area contributed by atoms with Crippen LogP contribution < -0.4 is 5.32 Å². The average Bonchev–Trinajstić information content (AvgIpc) is 3.15. The largest absolute Gasteiger partial charge is 0.394 e. The summed E-state index contributed by atoms with van der Waals surface area (Å²) in [6.45, 7) is 4.05. The van der Waals surface area contributed by atoms with E-state index in [0.717, 1.165) is 38.5 Å². The number of nitrogens with one attached hydrogen (secondary N) is 1. The summed E-state index contributed by atoms with van der Waals surface area (Å²) in [6, 6.07) is -0.982. The molecule has 5 N–H and O–H groups in total. The van der Waals surface area contributed by atoms with Gasteiger partial charge in [0.05, 0.1) is 18.8 Å².